The minimum Gasteiger partial charge on any atom is -0.342 e. The number of carbonyl (C=O) groups excluding carboxylic acids is 2. The van der Waals surface area contributed by atoms with E-state index in [4.69, 9.17) is 0 Å². The lowest BCUT2D eigenvalue weighted by Gasteiger charge is -2.33. The van der Waals surface area contributed by atoms with Crippen LogP contribution in [-0.4, -0.2) is 53.2 Å². The van der Waals surface area contributed by atoms with Gasteiger partial charge in [0.2, 0.25) is 11.8 Å². The summed E-state index contributed by atoms with van der Waals surface area (Å²) in [6.45, 7) is 3.23. The van der Waals surface area contributed by atoms with Crippen molar-refractivity contribution in [2.24, 2.45) is 5.92 Å². The van der Waals surface area contributed by atoms with Crippen LogP contribution >= 0.6 is 0 Å². The van der Waals surface area contributed by atoms with E-state index in [1.54, 1.807) is 17.0 Å². The number of carbonyl (C=O) groups is 2. The largest absolute Gasteiger partial charge is 0.342 e. The molecule has 1 saturated heterocycles. The molecule has 8 nitrogen and oxygen atoms in total. The molecule has 1 heterocycles. The number of nitro benzene ring substituents is 1. The Balaban J connectivity index is 1.49. The first kappa shape index (κ1) is 22.4. The van der Waals surface area contributed by atoms with Crippen molar-refractivity contribution >= 4 is 23.2 Å². The molecule has 1 N–H and O–H groups in total. The number of non-ortho nitro benzene ring substituents is 1. The van der Waals surface area contributed by atoms with Crippen LogP contribution in [0.5, 0.6) is 0 Å². The van der Waals surface area contributed by atoms with E-state index in [0.717, 1.165) is 11.3 Å². The smallest absolute Gasteiger partial charge is 0.269 e. The van der Waals surface area contributed by atoms with Gasteiger partial charge in [0.25, 0.3) is 5.69 Å². The van der Waals surface area contributed by atoms with E-state index >= 15 is 0 Å². The average Bonchev–Trinajstić information content (AvgIpc) is 2.79. The third-order valence-electron chi connectivity index (χ3n) is 5.87. The van der Waals surface area contributed by atoms with E-state index < -0.39 is 4.92 Å². The molecule has 0 bridgehead atoms. The standard InChI is InChI=1S/C23H28N4O4/c1-17(19-7-6-10-21(15-19)27(30)31)25(2)16-22(28)26-13-11-18(12-14-26)23(29)24-20-8-4-3-5-9-20/h3-10,15,17-18H,11-14,16H2,1-2H3,(H,24,29)/t17-/m0/s1. The van der Waals surface area contributed by atoms with Gasteiger partial charge in [-0.15, -0.1) is 0 Å². The summed E-state index contributed by atoms with van der Waals surface area (Å²) in [5.41, 5.74) is 1.61. The van der Waals surface area contributed by atoms with E-state index in [9.17, 15) is 19.7 Å². The minimum absolute atomic E-state index is 0.00157. The molecule has 2 aromatic carbocycles. The van der Waals surface area contributed by atoms with Crippen LogP contribution in [0.2, 0.25) is 0 Å². The van der Waals surface area contributed by atoms with E-state index in [-0.39, 0.29) is 36.0 Å². The average molecular weight is 425 g/mol. The number of anilines is 1. The number of nitro groups is 1. The molecular formula is C23H28N4O4. The molecule has 0 spiro atoms. The van der Waals surface area contributed by atoms with Gasteiger partial charge in [0.05, 0.1) is 11.5 Å². The highest BCUT2D eigenvalue weighted by Crippen LogP contribution is 2.24. The lowest BCUT2D eigenvalue weighted by molar-refractivity contribution is -0.384. The van der Waals surface area contributed by atoms with Crippen molar-refractivity contribution in [3.63, 3.8) is 0 Å². The fraction of sp³-hybridized carbons (Fsp3) is 0.391. The summed E-state index contributed by atoms with van der Waals surface area (Å²) in [5, 5.41) is 13.9. The van der Waals surface area contributed by atoms with E-state index in [1.807, 2.05) is 55.3 Å². The Labute approximate surface area is 182 Å². The van der Waals surface area contributed by atoms with Crippen LogP contribution in [0.3, 0.4) is 0 Å². The molecule has 8 heteroatoms. The van der Waals surface area contributed by atoms with Crippen LogP contribution in [0.15, 0.2) is 54.6 Å². The number of para-hydroxylation sites is 1. The Bertz CT molecular complexity index is 926. The number of rotatable bonds is 7. The number of nitrogens with zero attached hydrogens (tertiary/aromatic N) is 3. The van der Waals surface area contributed by atoms with E-state index in [2.05, 4.69) is 5.32 Å². The first-order valence-corrected chi connectivity index (χ1v) is 10.4. The Kier molecular flexibility index (Phi) is 7.36. The summed E-state index contributed by atoms with van der Waals surface area (Å²) in [7, 11) is 1.83. The third kappa shape index (κ3) is 5.88. The van der Waals surface area contributed by atoms with Crippen molar-refractivity contribution in [1.82, 2.24) is 9.80 Å². The zero-order valence-corrected chi connectivity index (χ0v) is 17.9. The zero-order valence-electron chi connectivity index (χ0n) is 17.9. The summed E-state index contributed by atoms with van der Waals surface area (Å²) < 4.78 is 0. The lowest BCUT2D eigenvalue weighted by Crippen LogP contribution is -2.45. The van der Waals surface area contributed by atoms with Crippen LogP contribution in [0.1, 0.15) is 31.4 Å². The molecule has 0 radical (unpaired) electrons. The summed E-state index contributed by atoms with van der Waals surface area (Å²) in [4.78, 5) is 39.5. The zero-order chi connectivity index (χ0) is 22.4. The maximum Gasteiger partial charge on any atom is 0.269 e. The number of amides is 2. The van der Waals surface area contributed by atoms with Gasteiger partial charge >= 0.3 is 0 Å². The molecule has 0 aromatic heterocycles. The second-order valence-corrected chi connectivity index (χ2v) is 7.95. The second-order valence-electron chi connectivity index (χ2n) is 7.95. The quantitative estimate of drug-likeness (QED) is 0.542. The molecule has 0 saturated carbocycles. The Morgan fingerprint density at radius 1 is 1.16 bits per heavy atom. The van der Waals surface area contributed by atoms with E-state index in [1.165, 1.54) is 6.07 Å². The predicted octanol–water partition coefficient (Wildman–Crippen LogP) is 3.46. The first-order chi connectivity index (χ1) is 14.8. The van der Waals surface area contributed by atoms with Crippen LogP contribution in [-0.2, 0) is 9.59 Å². The van der Waals surface area contributed by atoms with Crippen LogP contribution in [0, 0.1) is 16.0 Å². The Morgan fingerprint density at radius 2 is 1.84 bits per heavy atom. The van der Waals surface area contributed by atoms with Gasteiger partial charge in [0, 0.05) is 42.9 Å². The number of likely N-dealkylation sites (N-methyl/N-ethyl adjacent to an activating group) is 1. The second kappa shape index (κ2) is 10.2. The Morgan fingerprint density at radius 3 is 2.48 bits per heavy atom. The van der Waals surface area contributed by atoms with Crippen molar-refractivity contribution in [3.05, 3.63) is 70.3 Å². The third-order valence-corrected chi connectivity index (χ3v) is 5.87. The molecule has 3 rings (SSSR count). The highest BCUT2D eigenvalue weighted by molar-refractivity contribution is 5.92. The Hall–Kier alpha value is -3.26. The van der Waals surface area contributed by atoms with Gasteiger partial charge in [-0.3, -0.25) is 24.6 Å². The topological polar surface area (TPSA) is 95.8 Å². The van der Waals surface area contributed by atoms with Crippen LogP contribution < -0.4 is 5.32 Å². The van der Waals surface area contributed by atoms with Gasteiger partial charge in [0.1, 0.15) is 0 Å². The van der Waals surface area contributed by atoms with Crippen molar-refractivity contribution in [2.45, 2.75) is 25.8 Å². The van der Waals surface area contributed by atoms with Gasteiger partial charge in [-0.1, -0.05) is 30.3 Å². The highest BCUT2D eigenvalue weighted by atomic mass is 16.6. The summed E-state index contributed by atoms with van der Waals surface area (Å²) in [5.74, 6) is -0.109. The normalized spacial score (nSPS) is 15.5. The minimum atomic E-state index is -0.417. The van der Waals surface area contributed by atoms with Gasteiger partial charge in [-0.25, -0.2) is 0 Å². The number of piperidine rings is 1. The number of hydrogen-bond donors (Lipinski definition) is 1. The van der Waals surface area contributed by atoms with Crippen molar-refractivity contribution in [3.8, 4) is 0 Å². The van der Waals surface area contributed by atoms with E-state index in [0.29, 0.717) is 25.9 Å². The molecule has 1 aliphatic rings. The number of nitrogens with one attached hydrogen (secondary N) is 1. The predicted molar refractivity (Wildman–Crippen MR) is 119 cm³/mol. The molecule has 0 aliphatic carbocycles. The maximum atomic E-state index is 12.8. The molecule has 1 aliphatic heterocycles. The van der Waals surface area contributed by atoms with Gasteiger partial charge in [-0.05, 0) is 44.5 Å². The summed E-state index contributed by atoms with van der Waals surface area (Å²) >= 11 is 0. The maximum absolute atomic E-state index is 12.8. The molecule has 0 unspecified atom stereocenters. The summed E-state index contributed by atoms with van der Waals surface area (Å²) in [6.07, 6.45) is 1.27. The first-order valence-electron chi connectivity index (χ1n) is 10.4. The van der Waals surface area contributed by atoms with Crippen molar-refractivity contribution in [1.29, 1.82) is 0 Å². The van der Waals surface area contributed by atoms with Gasteiger partial charge in [-0.2, -0.15) is 0 Å². The SMILES string of the molecule is C[C@@H](c1cccc([N+](=O)[O-])c1)N(C)CC(=O)N1CCC(C(=O)Nc2ccccc2)CC1. The van der Waals surface area contributed by atoms with Crippen LogP contribution in [0.25, 0.3) is 0 Å². The molecule has 2 aromatic rings. The van der Waals surface area contributed by atoms with Gasteiger partial charge in [0.15, 0.2) is 0 Å². The summed E-state index contributed by atoms with van der Waals surface area (Å²) in [6, 6.07) is 15.7. The van der Waals surface area contributed by atoms with Crippen molar-refractivity contribution in [2.75, 3.05) is 32.0 Å². The molecule has 2 amide bonds. The number of hydrogen-bond acceptors (Lipinski definition) is 5. The lowest BCUT2D eigenvalue weighted by atomic mass is 9.95. The molecular weight excluding hydrogens is 396 g/mol. The highest BCUT2D eigenvalue weighted by Gasteiger charge is 2.28. The molecule has 31 heavy (non-hydrogen) atoms. The number of benzene rings is 2. The fourth-order valence-electron chi connectivity index (χ4n) is 3.76. The van der Waals surface area contributed by atoms with Gasteiger partial charge < -0.3 is 10.2 Å². The van der Waals surface area contributed by atoms with Crippen LogP contribution in [0.4, 0.5) is 11.4 Å². The van der Waals surface area contributed by atoms with Crippen molar-refractivity contribution < 1.29 is 14.5 Å². The monoisotopic (exact) mass is 424 g/mol. The number of likely N-dealkylation sites (tertiary alicyclic amines) is 1. The molecule has 1 fully saturated rings. The molecule has 164 valence electrons. The fourth-order valence-corrected chi connectivity index (χ4v) is 3.76. The molecule has 1 atom stereocenters.